The Morgan fingerprint density at radius 2 is 1.63 bits per heavy atom. The molecule has 2 nitrogen and oxygen atoms in total. The minimum absolute atomic E-state index is 0.273. The lowest BCUT2D eigenvalue weighted by molar-refractivity contribution is 0.307. The van der Waals surface area contributed by atoms with Crippen molar-refractivity contribution in [3.63, 3.8) is 0 Å². The summed E-state index contributed by atoms with van der Waals surface area (Å²) in [4.78, 5) is 0. The van der Waals surface area contributed by atoms with E-state index in [4.69, 9.17) is 45.3 Å². The van der Waals surface area contributed by atoms with Gasteiger partial charge in [0.2, 0.25) is 0 Å². The van der Waals surface area contributed by atoms with Gasteiger partial charge in [0.05, 0.1) is 10.0 Å². The first-order valence-corrected chi connectivity index (χ1v) is 7.21. The van der Waals surface area contributed by atoms with E-state index in [9.17, 15) is 0 Å². The van der Waals surface area contributed by atoms with Crippen LogP contribution in [0.2, 0.25) is 15.1 Å². The number of hydrogen-bond acceptors (Lipinski definition) is 2. The Morgan fingerprint density at radius 1 is 1.00 bits per heavy atom. The highest BCUT2D eigenvalue weighted by atomic mass is 79.9. The Morgan fingerprint density at radius 3 is 2.21 bits per heavy atom. The average molecular weight is 381 g/mol. The van der Waals surface area contributed by atoms with Gasteiger partial charge < -0.3 is 10.5 Å². The molecule has 0 saturated heterocycles. The van der Waals surface area contributed by atoms with Gasteiger partial charge in [0.25, 0.3) is 0 Å². The van der Waals surface area contributed by atoms with Crippen LogP contribution in [0.4, 0.5) is 5.69 Å². The molecule has 0 unspecified atom stereocenters. The molecule has 0 spiro atoms. The third-order valence-corrected chi connectivity index (χ3v) is 3.81. The van der Waals surface area contributed by atoms with Gasteiger partial charge in [-0.2, -0.15) is 0 Å². The number of nitrogen functional groups attached to an aromatic ring is 1. The molecule has 6 heteroatoms. The van der Waals surface area contributed by atoms with Gasteiger partial charge in [0.1, 0.15) is 6.61 Å². The van der Waals surface area contributed by atoms with Crippen molar-refractivity contribution in [2.75, 3.05) is 5.73 Å². The monoisotopic (exact) mass is 379 g/mol. The second-order valence-corrected chi connectivity index (χ2v) is 5.98. The molecule has 0 saturated carbocycles. The Balaban J connectivity index is 2.19. The lowest BCUT2D eigenvalue weighted by Gasteiger charge is -2.11. The van der Waals surface area contributed by atoms with Crippen LogP contribution < -0.4 is 10.5 Å². The molecule has 0 aliphatic carbocycles. The van der Waals surface area contributed by atoms with Gasteiger partial charge in [-0.1, -0.05) is 56.8 Å². The number of anilines is 1. The maximum Gasteiger partial charge on any atom is 0.157 e. The number of ether oxygens (including phenoxy) is 1. The molecule has 0 amide bonds. The van der Waals surface area contributed by atoms with Crippen LogP contribution in [0.15, 0.2) is 34.8 Å². The Kier molecular flexibility index (Phi) is 4.85. The van der Waals surface area contributed by atoms with Crippen molar-refractivity contribution in [1.29, 1.82) is 0 Å². The second-order valence-electron chi connectivity index (χ2n) is 3.84. The third kappa shape index (κ3) is 3.69. The van der Waals surface area contributed by atoms with Crippen LogP contribution in [0, 0.1) is 0 Å². The SMILES string of the molecule is Nc1cc(Cl)c(OCc2ccc(Br)cc2Cl)c(Cl)c1. The zero-order chi connectivity index (χ0) is 14.0. The summed E-state index contributed by atoms with van der Waals surface area (Å²) in [5.41, 5.74) is 6.96. The van der Waals surface area contributed by atoms with Crippen molar-refractivity contribution in [3.8, 4) is 5.75 Å². The van der Waals surface area contributed by atoms with Crippen LogP contribution >= 0.6 is 50.7 Å². The maximum absolute atomic E-state index is 6.10. The van der Waals surface area contributed by atoms with E-state index in [0.717, 1.165) is 10.0 Å². The summed E-state index contributed by atoms with van der Waals surface area (Å²) in [5, 5.41) is 1.36. The predicted molar refractivity (Wildman–Crippen MR) is 84.4 cm³/mol. The Labute approximate surface area is 134 Å². The molecule has 2 aromatic carbocycles. The van der Waals surface area contributed by atoms with E-state index in [-0.39, 0.29) is 6.61 Å². The molecule has 2 N–H and O–H groups in total. The Bertz CT molecular complexity index is 596. The third-order valence-electron chi connectivity index (χ3n) is 2.41. The molecule has 0 aliphatic rings. The first-order valence-electron chi connectivity index (χ1n) is 5.28. The number of hydrogen-bond donors (Lipinski definition) is 1. The molecule has 0 aromatic heterocycles. The standard InChI is InChI=1S/C13H9BrCl3NO/c14-8-2-1-7(10(15)3-8)6-19-13-11(16)4-9(18)5-12(13)17/h1-5H,6,18H2. The summed E-state index contributed by atoms with van der Waals surface area (Å²) in [7, 11) is 0. The molecular weight excluding hydrogens is 372 g/mol. The molecular formula is C13H9BrCl3NO. The largest absolute Gasteiger partial charge is 0.486 e. The van der Waals surface area contributed by atoms with Gasteiger partial charge in [-0.05, 0) is 24.3 Å². The maximum atomic E-state index is 6.10. The number of halogens is 4. The zero-order valence-corrected chi connectivity index (χ0v) is 13.4. The van der Waals surface area contributed by atoms with Crippen LogP contribution in [-0.2, 0) is 6.61 Å². The van der Waals surface area contributed by atoms with Gasteiger partial charge in [-0.3, -0.25) is 0 Å². The van der Waals surface area contributed by atoms with Crippen molar-refractivity contribution < 1.29 is 4.74 Å². The summed E-state index contributed by atoms with van der Waals surface area (Å²) in [6.45, 7) is 0.273. The molecule has 0 bridgehead atoms. The first kappa shape index (κ1) is 14.8. The fourth-order valence-electron chi connectivity index (χ4n) is 1.51. The van der Waals surface area contributed by atoms with E-state index >= 15 is 0 Å². The number of nitrogens with two attached hydrogens (primary N) is 1. The zero-order valence-electron chi connectivity index (χ0n) is 9.59. The van der Waals surface area contributed by atoms with Gasteiger partial charge in [0.15, 0.2) is 5.75 Å². The second kappa shape index (κ2) is 6.23. The van der Waals surface area contributed by atoms with Crippen molar-refractivity contribution >= 4 is 56.4 Å². The fraction of sp³-hybridized carbons (Fsp3) is 0.0769. The first-order chi connectivity index (χ1) is 8.97. The summed E-state index contributed by atoms with van der Waals surface area (Å²) in [6, 6.07) is 8.73. The van der Waals surface area contributed by atoms with E-state index in [2.05, 4.69) is 15.9 Å². The number of benzene rings is 2. The molecule has 0 fully saturated rings. The van der Waals surface area contributed by atoms with Crippen molar-refractivity contribution in [3.05, 3.63) is 55.4 Å². The summed E-state index contributed by atoms with van der Waals surface area (Å²) >= 11 is 21.5. The highest BCUT2D eigenvalue weighted by Crippen LogP contribution is 2.36. The van der Waals surface area contributed by atoms with E-state index in [1.165, 1.54) is 0 Å². The van der Waals surface area contributed by atoms with Crippen molar-refractivity contribution in [2.45, 2.75) is 6.61 Å². The summed E-state index contributed by atoms with van der Waals surface area (Å²) in [6.07, 6.45) is 0. The van der Waals surface area contributed by atoms with Crippen molar-refractivity contribution in [1.82, 2.24) is 0 Å². The van der Waals surface area contributed by atoms with E-state index < -0.39 is 0 Å². The van der Waals surface area contributed by atoms with Crippen LogP contribution in [0.5, 0.6) is 5.75 Å². The van der Waals surface area contributed by atoms with Crippen molar-refractivity contribution in [2.24, 2.45) is 0 Å². The smallest absolute Gasteiger partial charge is 0.157 e. The van der Waals surface area contributed by atoms with E-state index in [0.29, 0.717) is 26.5 Å². The predicted octanol–water partition coefficient (Wildman–Crippen LogP) is 5.57. The van der Waals surface area contributed by atoms with Gasteiger partial charge in [0, 0.05) is 20.7 Å². The molecule has 19 heavy (non-hydrogen) atoms. The number of rotatable bonds is 3. The molecule has 0 heterocycles. The molecule has 0 atom stereocenters. The van der Waals surface area contributed by atoms with Crippen LogP contribution in [0.1, 0.15) is 5.56 Å². The normalized spacial score (nSPS) is 10.5. The summed E-state index contributed by atoms with van der Waals surface area (Å²) in [5.74, 6) is 0.400. The average Bonchev–Trinajstić information content (AvgIpc) is 2.30. The topological polar surface area (TPSA) is 35.2 Å². The lowest BCUT2D eigenvalue weighted by atomic mass is 10.2. The van der Waals surface area contributed by atoms with Crippen LogP contribution in [-0.4, -0.2) is 0 Å². The minimum atomic E-state index is 0.273. The minimum Gasteiger partial charge on any atom is -0.486 e. The highest BCUT2D eigenvalue weighted by molar-refractivity contribution is 9.10. The quantitative estimate of drug-likeness (QED) is 0.706. The van der Waals surface area contributed by atoms with Crippen LogP contribution in [0.3, 0.4) is 0 Å². The van der Waals surface area contributed by atoms with Gasteiger partial charge in [-0.25, -0.2) is 0 Å². The molecule has 100 valence electrons. The molecule has 2 aromatic rings. The molecule has 2 rings (SSSR count). The lowest BCUT2D eigenvalue weighted by Crippen LogP contribution is -1.98. The van der Waals surface area contributed by atoms with E-state index in [1.54, 1.807) is 18.2 Å². The highest BCUT2D eigenvalue weighted by Gasteiger charge is 2.10. The molecule has 0 radical (unpaired) electrons. The van der Waals surface area contributed by atoms with Gasteiger partial charge >= 0.3 is 0 Å². The van der Waals surface area contributed by atoms with E-state index in [1.807, 2.05) is 12.1 Å². The van der Waals surface area contributed by atoms with Gasteiger partial charge in [-0.15, -0.1) is 0 Å². The summed E-state index contributed by atoms with van der Waals surface area (Å²) < 4.78 is 6.52. The fourth-order valence-corrected chi connectivity index (χ4v) is 2.85. The molecule has 0 aliphatic heterocycles. The van der Waals surface area contributed by atoms with Crippen LogP contribution in [0.25, 0.3) is 0 Å². The Hall–Kier alpha value is -0.610.